The van der Waals surface area contributed by atoms with E-state index in [0.29, 0.717) is 0 Å². The number of hydrogen-bond donors (Lipinski definition) is 1. The highest BCUT2D eigenvalue weighted by atomic mass is 31.0. The van der Waals surface area contributed by atoms with Crippen LogP contribution >= 0.6 is 9.90 Å². The molecule has 1 N–H and O–H groups in total. The van der Waals surface area contributed by atoms with E-state index in [-0.39, 0.29) is 9.90 Å². The molecule has 0 bridgehead atoms. The summed E-state index contributed by atoms with van der Waals surface area (Å²) in [7, 11) is 0. The molecule has 0 radical (unpaired) electrons. The summed E-state index contributed by atoms with van der Waals surface area (Å²) < 4.78 is 0. The molecule has 4 heteroatoms. The van der Waals surface area contributed by atoms with Crippen LogP contribution in [0.1, 0.15) is 0 Å². The fourth-order valence-corrected chi connectivity index (χ4v) is 0. The van der Waals surface area contributed by atoms with E-state index >= 15 is 0 Å². The maximum Gasteiger partial charge on any atom is 0.152 e. The van der Waals surface area contributed by atoms with Crippen molar-refractivity contribution in [3.8, 4) is 0 Å². The van der Waals surface area contributed by atoms with Gasteiger partial charge in [0.25, 0.3) is 0 Å². The summed E-state index contributed by atoms with van der Waals surface area (Å²) >= 11 is 0. The van der Waals surface area contributed by atoms with Crippen LogP contribution in [-0.4, -0.2) is 5.21 Å². The highest BCUT2D eigenvalue weighted by molar-refractivity contribution is 6.92. The van der Waals surface area contributed by atoms with Gasteiger partial charge in [0.1, 0.15) is 0 Å². The molecule has 0 aliphatic rings. The molecule has 0 fully saturated rings. The Morgan fingerprint density at radius 3 is 1.75 bits per heavy atom. The summed E-state index contributed by atoms with van der Waals surface area (Å²) in [6.07, 6.45) is 0. The fraction of sp³-hybridized carbons (Fsp3) is 0. The summed E-state index contributed by atoms with van der Waals surface area (Å²) in [5, 5.41) is 7.89. The van der Waals surface area contributed by atoms with Gasteiger partial charge in [-0.15, -0.1) is 4.91 Å². The van der Waals surface area contributed by atoms with Crippen LogP contribution in [0, 0.1) is 4.91 Å². The predicted octanol–water partition coefficient (Wildman–Crippen LogP) is 0.200. The van der Waals surface area contributed by atoms with Gasteiger partial charge in [-0.25, -0.2) is 0 Å². The zero-order valence-corrected chi connectivity index (χ0v) is 3.42. The van der Waals surface area contributed by atoms with E-state index in [1.54, 1.807) is 0 Å². The molecule has 4 heavy (non-hydrogen) atoms. The monoisotopic (exact) mass is 81.0 g/mol. The molecule has 26 valence electrons. The van der Waals surface area contributed by atoms with Gasteiger partial charge >= 0.3 is 0 Å². The van der Waals surface area contributed by atoms with Gasteiger partial charge in [0, 0.05) is 0 Å². The van der Waals surface area contributed by atoms with E-state index < -0.39 is 0 Å². The predicted molar refractivity (Wildman–Crippen MR) is 18.7 cm³/mol. The maximum atomic E-state index is 8.11. The summed E-state index contributed by atoms with van der Waals surface area (Å²) in [6.45, 7) is 0. The van der Waals surface area contributed by atoms with E-state index in [1.807, 2.05) is 0 Å². The third-order valence-corrected chi connectivity index (χ3v) is 0. The number of rotatable bonds is 0. The molecular formula is H4NO2P. The van der Waals surface area contributed by atoms with Crippen molar-refractivity contribution in [2.45, 2.75) is 0 Å². The van der Waals surface area contributed by atoms with Gasteiger partial charge in [0.2, 0.25) is 0 Å². The zero-order valence-electron chi connectivity index (χ0n) is 2.01. The standard InChI is InChI=1S/HNO2.H3P/c2-1-3;/h(H,2,3);1H3. The van der Waals surface area contributed by atoms with Crippen LogP contribution in [0.5, 0.6) is 0 Å². The molecule has 0 amide bonds. The van der Waals surface area contributed by atoms with E-state index in [0.717, 1.165) is 0 Å². The van der Waals surface area contributed by atoms with Crippen molar-refractivity contribution in [2.75, 3.05) is 0 Å². The van der Waals surface area contributed by atoms with E-state index in [9.17, 15) is 0 Å². The van der Waals surface area contributed by atoms with Crippen molar-refractivity contribution in [1.82, 2.24) is 0 Å². The Morgan fingerprint density at radius 1 is 1.75 bits per heavy atom. The average molecular weight is 81.0 g/mol. The summed E-state index contributed by atoms with van der Waals surface area (Å²) in [6, 6.07) is 0. The molecule has 1 atom stereocenters. The minimum atomic E-state index is 0. The Bertz CT molecular complexity index is 13.5. The van der Waals surface area contributed by atoms with Gasteiger partial charge in [0.05, 0.1) is 0 Å². The Morgan fingerprint density at radius 2 is 1.75 bits per heavy atom. The minimum Gasteiger partial charge on any atom is -0.379 e. The van der Waals surface area contributed by atoms with Crippen molar-refractivity contribution in [3.63, 3.8) is 0 Å². The van der Waals surface area contributed by atoms with Crippen LogP contribution in [0.4, 0.5) is 0 Å². The van der Waals surface area contributed by atoms with Crippen LogP contribution in [0.25, 0.3) is 0 Å². The second kappa shape index (κ2) is 13.8. The Kier molecular flexibility index (Phi) is 31.5. The molecule has 0 saturated heterocycles. The first-order valence-corrected chi connectivity index (χ1v) is 0.383. The number of hydrogen-bond acceptors (Lipinski definition) is 2. The summed E-state index contributed by atoms with van der Waals surface area (Å²) in [5.41, 5.74) is 0. The first kappa shape index (κ1) is 9.16. The molecule has 0 aromatic heterocycles. The van der Waals surface area contributed by atoms with Gasteiger partial charge in [-0.1, -0.05) is 0 Å². The second-order valence-electron chi connectivity index (χ2n) is 0.0816. The molecule has 0 aromatic rings. The highest BCUT2D eigenvalue weighted by Crippen LogP contribution is 1.25. The molecule has 0 heterocycles. The lowest BCUT2D eigenvalue weighted by atomic mass is 13.4. The average Bonchev–Trinajstić information content (AvgIpc) is 0.918. The van der Waals surface area contributed by atoms with Gasteiger partial charge in [0.15, 0.2) is 5.34 Å². The van der Waals surface area contributed by atoms with Gasteiger partial charge in [-0.05, 0) is 0 Å². The highest BCUT2D eigenvalue weighted by Gasteiger charge is 1.18. The van der Waals surface area contributed by atoms with E-state index in [4.69, 9.17) is 10.1 Å². The zero-order chi connectivity index (χ0) is 2.71. The SMILES string of the molecule is O=NO.P. The molecule has 0 aliphatic carbocycles. The van der Waals surface area contributed by atoms with Crippen LogP contribution in [0.3, 0.4) is 0 Å². The van der Waals surface area contributed by atoms with Crippen molar-refractivity contribution < 1.29 is 5.21 Å². The molecule has 0 aliphatic heterocycles. The van der Waals surface area contributed by atoms with Crippen LogP contribution in [0.15, 0.2) is 5.34 Å². The third-order valence-electron chi connectivity index (χ3n) is 0. The van der Waals surface area contributed by atoms with Gasteiger partial charge in [-0.2, -0.15) is 9.90 Å². The van der Waals surface area contributed by atoms with Gasteiger partial charge in [-0.3, -0.25) is 0 Å². The van der Waals surface area contributed by atoms with E-state index in [1.165, 1.54) is 5.34 Å². The molecule has 0 rings (SSSR count). The maximum absolute atomic E-state index is 8.11. The topological polar surface area (TPSA) is 49.7 Å². The molecule has 1 unspecified atom stereocenters. The minimum absolute atomic E-state index is 0. The van der Waals surface area contributed by atoms with Gasteiger partial charge < -0.3 is 5.21 Å². The van der Waals surface area contributed by atoms with Crippen molar-refractivity contribution in [1.29, 1.82) is 0 Å². The molecule has 0 spiro atoms. The molecular weight excluding hydrogens is 77.0 g/mol. The van der Waals surface area contributed by atoms with Crippen LogP contribution < -0.4 is 0 Å². The first-order valence-electron chi connectivity index (χ1n) is 0.383. The second-order valence-corrected chi connectivity index (χ2v) is 0.0816. The molecule has 0 aromatic carbocycles. The Hall–Kier alpha value is -0.170. The smallest absolute Gasteiger partial charge is 0.152 e. The summed E-state index contributed by atoms with van der Waals surface area (Å²) in [5.74, 6) is 0. The van der Waals surface area contributed by atoms with Crippen LogP contribution in [-0.2, 0) is 0 Å². The molecule has 0 saturated carbocycles. The number of nitrogens with zero attached hydrogens (tertiary/aromatic N) is 1. The largest absolute Gasteiger partial charge is 0.379 e. The summed E-state index contributed by atoms with van der Waals surface area (Å²) in [4.78, 5) is 8.11. The first-order chi connectivity index (χ1) is 1.41. The quantitative estimate of drug-likeness (QED) is 0.257. The van der Waals surface area contributed by atoms with Crippen molar-refractivity contribution in [2.24, 2.45) is 5.34 Å². The van der Waals surface area contributed by atoms with Crippen molar-refractivity contribution >= 4 is 9.90 Å². The van der Waals surface area contributed by atoms with Crippen LogP contribution in [0.2, 0.25) is 0 Å². The lowest BCUT2D eigenvalue weighted by molar-refractivity contribution is 0.312. The lowest BCUT2D eigenvalue weighted by Gasteiger charge is -1.32. The normalized spacial score (nSPS) is 3.00. The Balaban J connectivity index is 0. The molecule has 3 nitrogen and oxygen atoms in total. The fourth-order valence-electron chi connectivity index (χ4n) is 0. The third kappa shape index (κ3) is 43.6. The Labute approximate surface area is 26.6 Å². The lowest BCUT2D eigenvalue weighted by Crippen LogP contribution is -1.25. The van der Waals surface area contributed by atoms with Crippen molar-refractivity contribution in [3.05, 3.63) is 4.91 Å². The van der Waals surface area contributed by atoms with E-state index in [2.05, 4.69) is 0 Å².